The molecule has 2 rings (SSSR count). The van der Waals surface area contributed by atoms with Gasteiger partial charge in [-0.05, 0) is 51.7 Å². The number of nitrogens with one attached hydrogen (secondary N) is 1. The van der Waals surface area contributed by atoms with Crippen LogP contribution >= 0.6 is 0 Å². The highest BCUT2D eigenvalue weighted by atomic mass is 16.6. The molecule has 1 aliphatic rings. The van der Waals surface area contributed by atoms with Crippen molar-refractivity contribution in [2.24, 2.45) is 5.92 Å². The molecule has 1 N–H and O–H groups in total. The molecule has 5 heteroatoms. The van der Waals surface area contributed by atoms with E-state index in [-0.39, 0.29) is 6.09 Å². The van der Waals surface area contributed by atoms with Gasteiger partial charge in [0.1, 0.15) is 11.4 Å². The van der Waals surface area contributed by atoms with E-state index in [1.807, 2.05) is 37.8 Å². The summed E-state index contributed by atoms with van der Waals surface area (Å²) in [6.45, 7) is 8.88. The summed E-state index contributed by atoms with van der Waals surface area (Å²) in [7, 11) is 0. The average molecular weight is 294 g/mol. The second-order valence-electron chi connectivity index (χ2n) is 6.64. The van der Waals surface area contributed by atoms with Gasteiger partial charge in [-0.1, -0.05) is 0 Å². The fourth-order valence-electron chi connectivity index (χ4n) is 2.54. The monoisotopic (exact) mass is 294 g/mol. The summed E-state index contributed by atoms with van der Waals surface area (Å²) >= 11 is 0. The lowest BCUT2D eigenvalue weighted by molar-refractivity contribution is 0.0166. The third-order valence-electron chi connectivity index (χ3n) is 3.48. The van der Waals surface area contributed by atoms with Crippen LogP contribution in [0.2, 0.25) is 0 Å². The number of hydrogen-bond acceptors (Lipinski definition) is 4. The first-order valence-electron chi connectivity index (χ1n) is 7.65. The van der Waals surface area contributed by atoms with Crippen molar-refractivity contribution in [1.82, 2.24) is 10.2 Å². The Kier molecular flexibility index (Phi) is 5.28. The number of furan rings is 1. The zero-order valence-corrected chi connectivity index (χ0v) is 13.2. The van der Waals surface area contributed by atoms with E-state index in [1.165, 1.54) is 0 Å². The van der Waals surface area contributed by atoms with Gasteiger partial charge >= 0.3 is 6.09 Å². The topological polar surface area (TPSA) is 54.7 Å². The summed E-state index contributed by atoms with van der Waals surface area (Å²) in [6.07, 6.45) is 3.66. The molecular formula is C16H26N2O3. The van der Waals surface area contributed by atoms with Crippen LogP contribution in [0.15, 0.2) is 22.8 Å². The smallest absolute Gasteiger partial charge is 0.410 e. The fourth-order valence-corrected chi connectivity index (χ4v) is 2.54. The normalized spacial score (nSPS) is 19.6. The van der Waals surface area contributed by atoms with Gasteiger partial charge in [0.15, 0.2) is 0 Å². The molecule has 1 amide bonds. The molecule has 0 radical (unpaired) electrons. The zero-order valence-electron chi connectivity index (χ0n) is 13.2. The molecule has 5 nitrogen and oxygen atoms in total. The molecule has 1 aliphatic heterocycles. The van der Waals surface area contributed by atoms with Crippen LogP contribution in [0.3, 0.4) is 0 Å². The molecular weight excluding hydrogens is 268 g/mol. The molecule has 1 unspecified atom stereocenters. The number of hydrogen-bond donors (Lipinski definition) is 1. The summed E-state index contributed by atoms with van der Waals surface area (Å²) in [6, 6.07) is 3.85. The number of amides is 1. The van der Waals surface area contributed by atoms with E-state index < -0.39 is 5.60 Å². The first-order valence-corrected chi connectivity index (χ1v) is 7.65. The minimum atomic E-state index is -0.429. The van der Waals surface area contributed by atoms with Gasteiger partial charge in [-0.2, -0.15) is 0 Å². The summed E-state index contributed by atoms with van der Waals surface area (Å²) in [5.74, 6) is 1.41. The van der Waals surface area contributed by atoms with Crippen LogP contribution in [0.5, 0.6) is 0 Å². The number of carbonyl (C=O) groups is 1. The first-order chi connectivity index (χ1) is 9.94. The Hall–Kier alpha value is -1.49. The van der Waals surface area contributed by atoms with Crippen molar-refractivity contribution in [1.29, 1.82) is 0 Å². The molecule has 0 spiro atoms. The summed E-state index contributed by atoms with van der Waals surface area (Å²) in [5.41, 5.74) is -0.429. The van der Waals surface area contributed by atoms with Gasteiger partial charge in [0.25, 0.3) is 0 Å². The van der Waals surface area contributed by atoms with Crippen molar-refractivity contribution < 1.29 is 13.9 Å². The highest BCUT2D eigenvalue weighted by Gasteiger charge is 2.27. The van der Waals surface area contributed by atoms with Gasteiger partial charge in [-0.15, -0.1) is 0 Å². The minimum Gasteiger partial charge on any atom is -0.468 e. The molecule has 0 saturated carbocycles. The van der Waals surface area contributed by atoms with Crippen LogP contribution in [-0.4, -0.2) is 36.2 Å². The molecule has 0 bridgehead atoms. The number of likely N-dealkylation sites (tertiary alicyclic amines) is 1. The maximum Gasteiger partial charge on any atom is 0.410 e. The molecule has 1 aromatic heterocycles. The third-order valence-corrected chi connectivity index (χ3v) is 3.48. The third kappa shape index (κ3) is 5.42. The van der Waals surface area contributed by atoms with Gasteiger partial charge in [0.2, 0.25) is 0 Å². The fraction of sp³-hybridized carbons (Fsp3) is 0.688. The lowest BCUT2D eigenvalue weighted by Gasteiger charge is -2.34. The largest absolute Gasteiger partial charge is 0.468 e. The zero-order chi connectivity index (χ0) is 15.3. The van der Waals surface area contributed by atoms with Gasteiger partial charge in [0, 0.05) is 19.6 Å². The van der Waals surface area contributed by atoms with Gasteiger partial charge in [-0.25, -0.2) is 4.79 Å². The summed E-state index contributed by atoms with van der Waals surface area (Å²) in [4.78, 5) is 13.9. The van der Waals surface area contributed by atoms with E-state index >= 15 is 0 Å². The Labute approximate surface area is 126 Å². The van der Waals surface area contributed by atoms with E-state index in [0.717, 1.165) is 44.8 Å². The van der Waals surface area contributed by atoms with Gasteiger partial charge in [0.05, 0.1) is 12.8 Å². The SMILES string of the molecule is CC(C)(C)OC(=O)N1CCCC(CNCc2ccco2)C1. The van der Waals surface area contributed by atoms with Crippen molar-refractivity contribution in [3.8, 4) is 0 Å². The molecule has 2 heterocycles. The quantitative estimate of drug-likeness (QED) is 0.927. The Balaban J connectivity index is 1.74. The Morgan fingerprint density at radius 3 is 3.00 bits per heavy atom. The van der Waals surface area contributed by atoms with Crippen molar-refractivity contribution in [2.45, 2.75) is 45.8 Å². The Morgan fingerprint density at radius 1 is 1.52 bits per heavy atom. The van der Waals surface area contributed by atoms with E-state index in [2.05, 4.69) is 5.32 Å². The first kappa shape index (κ1) is 15.9. The number of carbonyl (C=O) groups excluding carboxylic acids is 1. The van der Waals surface area contributed by atoms with Crippen LogP contribution < -0.4 is 5.32 Å². The van der Waals surface area contributed by atoms with E-state index in [0.29, 0.717) is 5.92 Å². The highest BCUT2D eigenvalue weighted by molar-refractivity contribution is 5.68. The molecule has 0 aliphatic carbocycles. The van der Waals surface area contributed by atoms with Crippen LogP contribution in [0, 0.1) is 5.92 Å². The van der Waals surface area contributed by atoms with Gasteiger partial charge in [-0.3, -0.25) is 0 Å². The molecule has 1 aromatic rings. The van der Waals surface area contributed by atoms with Crippen molar-refractivity contribution in [3.05, 3.63) is 24.2 Å². The second kappa shape index (κ2) is 6.98. The van der Waals surface area contributed by atoms with E-state index in [1.54, 1.807) is 6.26 Å². The maximum absolute atomic E-state index is 12.1. The van der Waals surface area contributed by atoms with Crippen molar-refractivity contribution in [2.75, 3.05) is 19.6 Å². The maximum atomic E-state index is 12.1. The standard InChI is InChI=1S/C16H26N2O3/c1-16(2,3)21-15(19)18-8-4-6-13(12-18)10-17-11-14-7-5-9-20-14/h5,7,9,13,17H,4,6,8,10-12H2,1-3H3. The highest BCUT2D eigenvalue weighted by Crippen LogP contribution is 2.19. The molecule has 1 fully saturated rings. The number of rotatable bonds is 4. The molecule has 0 aromatic carbocycles. The lowest BCUT2D eigenvalue weighted by Crippen LogP contribution is -2.44. The Morgan fingerprint density at radius 2 is 2.33 bits per heavy atom. The van der Waals surface area contributed by atoms with E-state index in [9.17, 15) is 4.79 Å². The van der Waals surface area contributed by atoms with Crippen LogP contribution in [0.4, 0.5) is 4.79 Å². The number of ether oxygens (including phenoxy) is 1. The van der Waals surface area contributed by atoms with Crippen molar-refractivity contribution in [3.63, 3.8) is 0 Å². The van der Waals surface area contributed by atoms with Crippen LogP contribution in [-0.2, 0) is 11.3 Å². The predicted octanol–water partition coefficient (Wildman–Crippen LogP) is 3.02. The average Bonchev–Trinajstić information content (AvgIpc) is 2.90. The van der Waals surface area contributed by atoms with Crippen molar-refractivity contribution >= 4 is 6.09 Å². The molecule has 1 atom stereocenters. The van der Waals surface area contributed by atoms with E-state index in [4.69, 9.17) is 9.15 Å². The molecule has 118 valence electrons. The van der Waals surface area contributed by atoms with Crippen LogP contribution in [0.1, 0.15) is 39.4 Å². The lowest BCUT2D eigenvalue weighted by atomic mass is 9.98. The van der Waals surface area contributed by atoms with Gasteiger partial charge < -0.3 is 19.4 Å². The minimum absolute atomic E-state index is 0.196. The number of nitrogens with zero attached hydrogens (tertiary/aromatic N) is 1. The predicted molar refractivity (Wildman–Crippen MR) is 80.9 cm³/mol. The molecule has 1 saturated heterocycles. The van der Waals surface area contributed by atoms with Crippen LogP contribution in [0.25, 0.3) is 0 Å². The summed E-state index contributed by atoms with van der Waals surface area (Å²) in [5, 5.41) is 3.39. The Bertz CT molecular complexity index is 437. The second-order valence-corrected chi connectivity index (χ2v) is 6.64. The molecule has 21 heavy (non-hydrogen) atoms. The number of piperidine rings is 1. The summed E-state index contributed by atoms with van der Waals surface area (Å²) < 4.78 is 10.7.